The van der Waals surface area contributed by atoms with Crippen LogP contribution in [0.4, 0.5) is 28.9 Å². The number of nitrogens with one attached hydrogen (secondary N) is 2. The number of amides is 1. The summed E-state index contributed by atoms with van der Waals surface area (Å²) in [5.41, 5.74) is -0.128. The van der Waals surface area contributed by atoms with Crippen LogP contribution < -0.4 is 15.0 Å². The Kier molecular flexibility index (Phi) is 6.45. The zero-order valence-electron chi connectivity index (χ0n) is 18.3. The molecule has 1 aliphatic carbocycles. The Hall–Kier alpha value is -2.89. The fourth-order valence-electron chi connectivity index (χ4n) is 4.91. The smallest absolute Gasteiger partial charge is 0.387 e. The van der Waals surface area contributed by atoms with Crippen molar-refractivity contribution in [1.29, 1.82) is 4.78 Å². The summed E-state index contributed by atoms with van der Waals surface area (Å²) in [5.74, 6) is -4.32. The highest BCUT2D eigenvalue weighted by molar-refractivity contribution is 7.91. The number of anilines is 2. The van der Waals surface area contributed by atoms with E-state index in [1.165, 1.54) is 29.5 Å². The third-order valence-corrected chi connectivity index (χ3v) is 7.44. The van der Waals surface area contributed by atoms with Gasteiger partial charge < -0.3 is 15.0 Å². The zero-order chi connectivity index (χ0) is 24.7. The average molecular weight is 501 g/mol. The molecule has 12 heteroatoms. The number of ether oxygens (including phenoxy) is 1. The molecule has 2 aromatic rings. The van der Waals surface area contributed by atoms with Gasteiger partial charge in [-0.05, 0) is 48.9 Å². The maximum atomic E-state index is 14.5. The molecule has 2 aliphatic rings. The van der Waals surface area contributed by atoms with Crippen LogP contribution >= 0.6 is 0 Å². The number of hydrogen-bond donors (Lipinski definition) is 2. The van der Waals surface area contributed by atoms with E-state index in [1.54, 1.807) is 0 Å². The third-order valence-electron chi connectivity index (χ3n) is 6.42. The fourth-order valence-corrected chi connectivity index (χ4v) is 5.52. The van der Waals surface area contributed by atoms with Gasteiger partial charge in [-0.15, -0.1) is 0 Å². The van der Waals surface area contributed by atoms with Crippen molar-refractivity contribution in [3.8, 4) is 5.75 Å². The number of carbonyl (C=O) groups excluding carboxylic acids is 1. The molecule has 1 amide bonds. The van der Waals surface area contributed by atoms with Gasteiger partial charge in [-0.25, -0.2) is 18.4 Å². The first-order chi connectivity index (χ1) is 16.0. The Morgan fingerprint density at radius 1 is 1.29 bits per heavy atom. The van der Waals surface area contributed by atoms with Gasteiger partial charge in [0, 0.05) is 24.7 Å². The third kappa shape index (κ3) is 4.82. The number of carbonyl (C=O) groups is 1. The molecule has 1 aromatic heterocycles. The largest absolute Gasteiger partial charge is 0.429 e. The SMILES string of the molecule is C[S@@](=N)(=O)c1cc(NC(=O)C2CC3(CCCC3)CN2c2ccc(F)c(F)c2OC(F)F)ccn1. The first-order valence-electron chi connectivity index (χ1n) is 10.7. The van der Waals surface area contributed by atoms with Crippen LogP contribution in [0.3, 0.4) is 0 Å². The molecule has 1 aliphatic heterocycles. The van der Waals surface area contributed by atoms with Crippen molar-refractivity contribution in [3.63, 3.8) is 0 Å². The highest BCUT2D eigenvalue weighted by Crippen LogP contribution is 2.51. The monoisotopic (exact) mass is 500 g/mol. The molecule has 2 fully saturated rings. The molecule has 1 spiro atoms. The molecule has 34 heavy (non-hydrogen) atoms. The number of rotatable bonds is 6. The molecule has 0 bridgehead atoms. The number of nitrogens with zero attached hydrogens (tertiary/aromatic N) is 2. The minimum absolute atomic E-state index is 0.00549. The lowest BCUT2D eigenvalue weighted by Gasteiger charge is -2.28. The van der Waals surface area contributed by atoms with E-state index in [9.17, 15) is 26.6 Å². The van der Waals surface area contributed by atoms with Crippen molar-refractivity contribution in [3.05, 3.63) is 42.1 Å². The van der Waals surface area contributed by atoms with Gasteiger partial charge in [0.2, 0.25) is 11.7 Å². The van der Waals surface area contributed by atoms with Gasteiger partial charge in [-0.1, -0.05) is 12.8 Å². The highest BCUT2D eigenvalue weighted by atomic mass is 32.2. The zero-order valence-corrected chi connectivity index (χ0v) is 19.1. The summed E-state index contributed by atoms with van der Waals surface area (Å²) in [4.78, 5) is 18.7. The van der Waals surface area contributed by atoms with Crippen LogP contribution in [0.1, 0.15) is 32.1 Å². The minimum Gasteiger partial charge on any atom is -0.429 e. The minimum atomic E-state index is -3.38. The van der Waals surface area contributed by atoms with E-state index in [0.29, 0.717) is 13.0 Å². The van der Waals surface area contributed by atoms with Crippen LogP contribution in [0, 0.1) is 21.8 Å². The molecule has 1 saturated heterocycles. The van der Waals surface area contributed by atoms with Gasteiger partial charge in [0.15, 0.2) is 11.6 Å². The van der Waals surface area contributed by atoms with Crippen LogP contribution in [0.5, 0.6) is 5.75 Å². The van der Waals surface area contributed by atoms with Crippen LogP contribution in [-0.2, 0) is 14.5 Å². The van der Waals surface area contributed by atoms with Gasteiger partial charge in [-0.2, -0.15) is 13.2 Å². The van der Waals surface area contributed by atoms with E-state index in [4.69, 9.17) is 4.78 Å². The number of benzene rings is 1. The molecule has 4 rings (SSSR count). The van der Waals surface area contributed by atoms with Crippen molar-refractivity contribution in [2.24, 2.45) is 5.41 Å². The van der Waals surface area contributed by atoms with Crippen LogP contribution in [0.25, 0.3) is 0 Å². The van der Waals surface area contributed by atoms with Crippen LogP contribution in [-0.4, -0.2) is 40.6 Å². The van der Waals surface area contributed by atoms with Gasteiger partial charge in [0.05, 0.1) is 15.4 Å². The molecule has 0 radical (unpaired) electrons. The second kappa shape index (κ2) is 9.05. The Morgan fingerprint density at radius 3 is 2.65 bits per heavy atom. The maximum Gasteiger partial charge on any atom is 0.387 e. The molecule has 7 nitrogen and oxygen atoms in total. The van der Waals surface area contributed by atoms with Gasteiger partial charge in [0.1, 0.15) is 11.1 Å². The topological polar surface area (TPSA) is 95.4 Å². The van der Waals surface area contributed by atoms with Crippen molar-refractivity contribution < 1.29 is 31.3 Å². The van der Waals surface area contributed by atoms with Crippen molar-refractivity contribution >= 4 is 27.0 Å². The Labute approximate surface area is 194 Å². The van der Waals surface area contributed by atoms with Crippen LogP contribution in [0.2, 0.25) is 0 Å². The number of aromatic nitrogens is 1. The Balaban J connectivity index is 1.70. The summed E-state index contributed by atoms with van der Waals surface area (Å²) in [5, 5.41) is 2.70. The van der Waals surface area contributed by atoms with E-state index in [2.05, 4.69) is 15.0 Å². The summed E-state index contributed by atoms with van der Waals surface area (Å²) < 4.78 is 78.4. The molecular formula is C22H24F4N4O3S. The maximum absolute atomic E-state index is 14.5. The standard InChI is InChI=1S/C22H24F4N4O3S/c1-34(27,32)17-10-13(6-9-28-17)29-20(31)16-11-22(7-2-3-8-22)12-30(16)15-5-4-14(23)18(24)19(15)33-21(25)26/h4-6,9-10,16,21,27H,2-3,7-8,11-12H2,1H3,(H,28,29,31)/t16?,34-/m1/s1. The lowest BCUT2D eigenvalue weighted by molar-refractivity contribution is -0.117. The lowest BCUT2D eigenvalue weighted by atomic mass is 9.84. The summed E-state index contributed by atoms with van der Waals surface area (Å²) in [6.45, 7) is -3.08. The van der Waals surface area contributed by atoms with Crippen LogP contribution in [0.15, 0.2) is 35.5 Å². The van der Waals surface area contributed by atoms with E-state index in [-0.39, 0.29) is 21.8 Å². The van der Waals surface area contributed by atoms with Crippen molar-refractivity contribution in [1.82, 2.24) is 4.98 Å². The summed E-state index contributed by atoms with van der Waals surface area (Å²) in [6, 6.07) is 3.89. The molecular weight excluding hydrogens is 476 g/mol. The second-order valence-electron chi connectivity index (χ2n) is 8.86. The molecule has 1 unspecified atom stereocenters. The first kappa shape index (κ1) is 24.2. The van der Waals surface area contributed by atoms with E-state index < -0.39 is 45.7 Å². The van der Waals surface area contributed by atoms with Gasteiger partial charge in [-0.3, -0.25) is 4.79 Å². The van der Waals surface area contributed by atoms with Crippen molar-refractivity contribution in [2.75, 3.05) is 23.0 Å². The molecule has 1 aromatic carbocycles. The summed E-state index contributed by atoms with van der Waals surface area (Å²) in [6.07, 6.45) is 6.45. The van der Waals surface area contributed by atoms with E-state index in [1.807, 2.05) is 0 Å². The lowest BCUT2D eigenvalue weighted by Crippen LogP contribution is -2.40. The average Bonchev–Trinajstić information content (AvgIpc) is 3.38. The summed E-state index contributed by atoms with van der Waals surface area (Å²) >= 11 is 0. The summed E-state index contributed by atoms with van der Waals surface area (Å²) in [7, 11) is -3.12. The van der Waals surface area contributed by atoms with E-state index in [0.717, 1.165) is 37.8 Å². The number of halogens is 4. The van der Waals surface area contributed by atoms with Gasteiger partial charge >= 0.3 is 6.61 Å². The fraction of sp³-hybridized carbons (Fsp3) is 0.455. The van der Waals surface area contributed by atoms with Crippen molar-refractivity contribution in [2.45, 2.75) is 49.8 Å². The Bertz CT molecular complexity index is 1200. The highest BCUT2D eigenvalue weighted by Gasteiger charge is 2.49. The molecule has 2 N–H and O–H groups in total. The van der Waals surface area contributed by atoms with Gasteiger partial charge in [0.25, 0.3) is 0 Å². The van der Waals surface area contributed by atoms with E-state index >= 15 is 0 Å². The quantitative estimate of drug-likeness (QED) is 0.557. The number of pyridine rings is 1. The number of alkyl halides is 2. The first-order valence-corrected chi connectivity index (χ1v) is 12.7. The number of hydrogen-bond acceptors (Lipinski definition) is 6. The normalized spacial score (nSPS) is 21.1. The molecule has 2 heterocycles. The molecule has 2 atom stereocenters. The Morgan fingerprint density at radius 2 is 2.00 bits per heavy atom. The molecule has 184 valence electrons. The predicted molar refractivity (Wildman–Crippen MR) is 118 cm³/mol. The molecule has 1 saturated carbocycles. The second-order valence-corrected chi connectivity index (χ2v) is 11.0. The predicted octanol–water partition coefficient (Wildman–Crippen LogP) is 4.77.